The van der Waals surface area contributed by atoms with E-state index in [2.05, 4.69) is 0 Å². The predicted octanol–water partition coefficient (Wildman–Crippen LogP) is 2.26. The Morgan fingerprint density at radius 3 is 2.07 bits per heavy atom. The zero-order chi connectivity index (χ0) is 19.0. The normalized spacial score (nSPS) is 30.9. The van der Waals surface area contributed by atoms with Crippen LogP contribution in [0.5, 0.6) is 0 Å². The quantitative estimate of drug-likeness (QED) is 0.865. The Morgan fingerprint density at radius 1 is 0.926 bits per heavy atom. The third kappa shape index (κ3) is 3.72. The van der Waals surface area contributed by atoms with Crippen molar-refractivity contribution in [2.45, 2.75) is 38.1 Å². The first-order chi connectivity index (χ1) is 13.0. The highest BCUT2D eigenvalue weighted by atomic mass is 19.1. The Labute approximate surface area is 159 Å². The van der Waals surface area contributed by atoms with E-state index in [0.717, 1.165) is 25.7 Å². The van der Waals surface area contributed by atoms with Gasteiger partial charge in [0.15, 0.2) is 0 Å². The Morgan fingerprint density at radius 2 is 1.48 bits per heavy atom. The van der Waals surface area contributed by atoms with Crippen molar-refractivity contribution in [3.8, 4) is 0 Å². The average molecular weight is 373 g/mol. The molecule has 2 unspecified atom stereocenters. The van der Waals surface area contributed by atoms with Gasteiger partial charge in [0.2, 0.25) is 5.91 Å². The van der Waals surface area contributed by atoms with Crippen molar-refractivity contribution < 1.29 is 14.0 Å². The topological polar surface area (TPSA) is 66.6 Å². The van der Waals surface area contributed by atoms with Gasteiger partial charge < -0.3 is 15.5 Å². The molecule has 2 aliphatic carbocycles. The highest BCUT2D eigenvalue weighted by Gasteiger charge is 2.42. The number of nitrogens with zero attached hydrogens (tertiary/aromatic N) is 2. The molecule has 1 saturated heterocycles. The van der Waals surface area contributed by atoms with Gasteiger partial charge in [-0.2, -0.15) is 0 Å². The summed E-state index contributed by atoms with van der Waals surface area (Å²) in [5.41, 5.74) is 6.84. The lowest BCUT2D eigenvalue weighted by atomic mass is 9.65. The Balaban J connectivity index is 1.33. The molecule has 0 spiro atoms. The summed E-state index contributed by atoms with van der Waals surface area (Å²) in [5.74, 6) is 0.881. The van der Waals surface area contributed by atoms with Crippen molar-refractivity contribution in [1.29, 1.82) is 0 Å². The van der Waals surface area contributed by atoms with Crippen LogP contribution in [0.2, 0.25) is 0 Å². The molecule has 1 heterocycles. The van der Waals surface area contributed by atoms with Crippen LogP contribution in [0.3, 0.4) is 0 Å². The second-order valence-electron chi connectivity index (χ2n) is 8.32. The second kappa shape index (κ2) is 7.58. The van der Waals surface area contributed by atoms with E-state index in [1.54, 1.807) is 4.90 Å². The van der Waals surface area contributed by atoms with Gasteiger partial charge in [0.25, 0.3) is 5.91 Å². The lowest BCUT2D eigenvalue weighted by molar-refractivity contribution is -0.140. The fourth-order valence-electron chi connectivity index (χ4n) is 5.15. The summed E-state index contributed by atoms with van der Waals surface area (Å²) >= 11 is 0. The minimum Gasteiger partial charge on any atom is -0.339 e. The van der Waals surface area contributed by atoms with Crippen LogP contribution >= 0.6 is 0 Å². The molecule has 2 bridgehead atoms. The summed E-state index contributed by atoms with van der Waals surface area (Å²) in [6.45, 7) is 2.20. The standard InChI is InChI=1S/C21H28FN3O2/c22-18-6-4-14(5-7-18)20(26)24-8-10-25(11-9-24)21(27)17-12-15-2-1-3-16(13-17)19(15)23/h4-7,15-17,19H,1-3,8-13,23H2. The van der Waals surface area contributed by atoms with Crippen LogP contribution in [0.1, 0.15) is 42.5 Å². The largest absolute Gasteiger partial charge is 0.339 e. The number of hydrogen-bond donors (Lipinski definition) is 1. The first kappa shape index (κ1) is 18.4. The van der Waals surface area contributed by atoms with Gasteiger partial charge in [0.1, 0.15) is 5.82 Å². The molecule has 1 aliphatic heterocycles. The fourth-order valence-corrected chi connectivity index (χ4v) is 5.15. The SMILES string of the molecule is NC1C2CCCC1CC(C(=O)N1CCN(C(=O)c3ccc(F)cc3)CC1)C2. The van der Waals surface area contributed by atoms with Gasteiger partial charge in [0.05, 0.1) is 0 Å². The lowest BCUT2D eigenvalue weighted by Gasteiger charge is -2.45. The maximum Gasteiger partial charge on any atom is 0.253 e. The molecule has 1 aromatic rings. The molecule has 2 N–H and O–H groups in total. The predicted molar refractivity (Wildman–Crippen MR) is 100 cm³/mol. The van der Waals surface area contributed by atoms with Crippen molar-refractivity contribution in [3.63, 3.8) is 0 Å². The van der Waals surface area contributed by atoms with Crippen molar-refractivity contribution in [2.75, 3.05) is 26.2 Å². The highest BCUT2D eigenvalue weighted by Crippen LogP contribution is 2.42. The number of carbonyl (C=O) groups excluding carboxylic acids is 2. The maximum absolute atomic E-state index is 13.0. The molecule has 1 aromatic carbocycles. The van der Waals surface area contributed by atoms with Crippen LogP contribution in [-0.4, -0.2) is 53.8 Å². The highest BCUT2D eigenvalue weighted by molar-refractivity contribution is 5.94. The van der Waals surface area contributed by atoms with Gasteiger partial charge in [-0.05, 0) is 61.8 Å². The molecule has 2 saturated carbocycles. The van der Waals surface area contributed by atoms with E-state index < -0.39 is 0 Å². The van der Waals surface area contributed by atoms with Crippen LogP contribution in [0.15, 0.2) is 24.3 Å². The van der Waals surface area contributed by atoms with Crippen LogP contribution in [0.25, 0.3) is 0 Å². The Kier molecular flexibility index (Phi) is 5.17. The summed E-state index contributed by atoms with van der Waals surface area (Å²) in [4.78, 5) is 29.2. The number of nitrogens with two attached hydrogens (primary N) is 1. The molecule has 0 radical (unpaired) electrons. The van der Waals surface area contributed by atoms with Crippen LogP contribution in [0, 0.1) is 23.6 Å². The molecule has 27 heavy (non-hydrogen) atoms. The molecule has 2 atom stereocenters. The molecule has 6 heteroatoms. The van der Waals surface area contributed by atoms with E-state index in [9.17, 15) is 14.0 Å². The molecule has 5 nitrogen and oxygen atoms in total. The number of halogens is 1. The first-order valence-electron chi connectivity index (χ1n) is 10.1. The molecular weight excluding hydrogens is 345 g/mol. The van der Waals surface area contributed by atoms with Gasteiger partial charge in [-0.25, -0.2) is 4.39 Å². The van der Waals surface area contributed by atoms with Gasteiger partial charge in [0, 0.05) is 43.7 Å². The van der Waals surface area contributed by atoms with Gasteiger partial charge in [-0.3, -0.25) is 9.59 Å². The lowest BCUT2D eigenvalue weighted by Crippen LogP contribution is -2.54. The number of carbonyl (C=O) groups is 2. The Hall–Kier alpha value is -1.95. The van der Waals surface area contributed by atoms with E-state index in [-0.39, 0.29) is 29.6 Å². The Bertz CT molecular complexity index is 686. The summed E-state index contributed by atoms with van der Waals surface area (Å²) in [6, 6.07) is 5.90. The molecule has 0 aromatic heterocycles. The van der Waals surface area contributed by atoms with Crippen LogP contribution in [0.4, 0.5) is 4.39 Å². The van der Waals surface area contributed by atoms with E-state index in [1.165, 1.54) is 30.7 Å². The molecular formula is C21H28FN3O2. The van der Waals surface area contributed by atoms with E-state index in [4.69, 9.17) is 5.73 Å². The maximum atomic E-state index is 13.0. The van der Waals surface area contributed by atoms with Gasteiger partial charge >= 0.3 is 0 Å². The second-order valence-corrected chi connectivity index (χ2v) is 8.32. The zero-order valence-corrected chi connectivity index (χ0v) is 15.6. The monoisotopic (exact) mass is 373 g/mol. The smallest absolute Gasteiger partial charge is 0.253 e. The third-order valence-corrected chi connectivity index (χ3v) is 6.73. The minimum atomic E-state index is -0.348. The number of amides is 2. The average Bonchev–Trinajstić information content (AvgIpc) is 2.67. The molecule has 4 rings (SSSR count). The summed E-state index contributed by atoms with van der Waals surface area (Å²) < 4.78 is 13.0. The van der Waals surface area contributed by atoms with Gasteiger partial charge in [-0.15, -0.1) is 0 Å². The molecule has 3 aliphatic rings. The summed E-state index contributed by atoms with van der Waals surface area (Å²) in [6.07, 6.45) is 5.40. The molecule has 146 valence electrons. The number of piperazine rings is 1. The van der Waals surface area contributed by atoms with Crippen LogP contribution < -0.4 is 5.73 Å². The zero-order valence-electron chi connectivity index (χ0n) is 15.6. The minimum absolute atomic E-state index is 0.0967. The summed E-state index contributed by atoms with van der Waals surface area (Å²) in [5, 5.41) is 0. The number of fused-ring (bicyclic) bond motifs is 2. The van der Waals surface area contributed by atoms with Crippen molar-refractivity contribution in [2.24, 2.45) is 23.5 Å². The van der Waals surface area contributed by atoms with Crippen molar-refractivity contribution >= 4 is 11.8 Å². The number of rotatable bonds is 2. The van der Waals surface area contributed by atoms with Gasteiger partial charge in [-0.1, -0.05) is 6.42 Å². The van der Waals surface area contributed by atoms with Crippen LogP contribution in [-0.2, 0) is 4.79 Å². The molecule has 2 amide bonds. The molecule has 3 fully saturated rings. The first-order valence-corrected chi connectivity index (χ1v) is 10.1. The van der Waals surface area contributed by atoms with E-state index >= 15 is 0 Å². The van der Waals surface area contributed by atoms with E-state index in [1.807, 2.05) is 4.90 Å². The van der Waals surface area contributed by atoms with Crippen molar-refractivity contribution in [1.82, 2.24) is 9.80 Å². The number of benzene rings is 1. The summed E-state index contributed by atoms with van der Waals surface area (Å²) in [7, 11) is 0. The third-order valence-electron chi connectivity index (χ3n) is 6.73. The fraction of sp³-hybridized carbons (Fsp3) is 0.619. The number of hydrogen-bond acceptors (Lipinski definition) is 3. The van der Waals surface area contributed by atoms with E-state index in [0.29, 0.717) is 43.6 Å². The van der Waals surface area contributed by atoms with Crippen molar-refractivity contribution in [3.05, 3.63) is 35.6 Å².